The molecule has 1 aromatic carbocycles. The van der Waals surface area contributed by atoms with Crippen LogP contribution in [0.5, 0.6) is 0 Å². The average Bonchev–Trinajstić information content (AvgIpc) is 3.56. The summed E-state index contributed by atoms with van der Waals surface area (Å²) in [6.07, 6.45) is 9.08. The second-order valence-corrected chi connectivity index (χ2v) is 9.32. The molecule has 2 saturated heterocycles. The minimum absolute atomic E-state index is 0.144. The maximum Gasteiger partial charge on any atom is 0.232 e. The molecule has 1 N–H and O–H groups in total. The zero-order valence-electron chi connectivity index (χ0n) is 20.0. The van der Waals surface area contributed by atoms with E-state index >= 15 is 0 Å². The molecule has 2 aliphatic rings. The van der Waals surface area contributed by atoms with Gasteiger partial charge < -0.3 is 15.0 Å². The highest BCUT2D eigenvalue weighted by Gasteiger charge is 2.27. The largest absolute Gasteiger partial charge is 0.381 e. The number of hydrogen-bond acceptors (Lipinski definition) is 8. The third-order valence-electron chi connectivity index (χ3n) is 7.11. The molecule has 190 valence electrons. The van der Waals surface area contributed by atoms with Crippen LogP contribution in [0.2, 0.25) is 0 Å². The average molecular weight is 506 g/mol. The van der Waals surface area contributed by atoms with Crippen LogP contribution in [0.3, 0.4) is 0 Å². The van der Waals surface area contributed by atoms with Crippen LogP contribution in [0.15, 0.2) is 36.8 Å². The smallest absolute Gasteiger partial charge is 0.232 e. The van der Waals surface area contributed by atoms with Crippen molar-refractivity contribution in [2.24, 2.45) is 0 Å². The van der Waals surface area contributed by atoms with Crippen molar-refractivity contribution in [3.05, 3.63) is 54.0 Å². The summed E-state index contributed by atoms with van der Waals surface area (Å²) in [6, 6.07) is 6.43. The maximum atomic E-state index is 14.5. The Balaban J connectivity index is 1.25. The van der Waals surface area contributed by atoms with Gasteiger partial charge in [-0.25, -0.2) is 13.8 Å². The van der Waals surface area contributed by atoms with Gasteiger partial charge in [0.1, 0.15) is 23.3 Å². The molecule has 0 unspecified atom stereocenters. The van der Waals surface area contributed by atoms with E-state index in [1.807, 2.05) is 16.9 Å². The van der Waals surface area contributed by atoms with Gasteiger partial charge in [0.05, 0.1) is 29.7 Å². The SMILES string of the molecule is N#Cc1cnn2c(Nc3cnn(C4CCN(C5CCOCC5)CC4)c3)nc(-c3c(F)cccc3F)nc12. The van der Waals surface area contributed by atoms with Gasteiger partial charge in [-0.05, 0) is 37.8 Å². The summed E-state index contributed by atoms with van der Waals surface area (Å²) in [5.74, 6) is -1.62. The number of likely N-dealkylation sites (tertiary alicyclic amines) is 1. The van der Waals surface area contributed by atoms with Crippen molar-refractivity contribution in [3.8, 4) is 17.5 Å². The van der Waals surface area contributed by atoms with Crippen molar-refractivity contribution in [1.82, 2.24) is 34.3 Å². The van der Waals surface area contributed by atoms with Crippen LogP contribution in [-0.2, 0) is 4.74 Å². The van der Waals surface area contributed by atoms with Crippen LogP contribution in [0.1, 0.15) is 37.3 Å². The van der Waals surface area contributed by atoms with E-state index in [0.29, 0.717) is 11.7 Å². The molecule has 37 heavy (non-hydrogen) atoms. The molecule has 0 bridgehead atoms. The Morgan fingerprint density at radius 1 is 0.973 bits per heavy atom. The van der Waals surface area contributed by atoms with Crippen LogP contribution >= 0.6 is 0 Å². The zero-order chi connectivity index (χ0) is 25.4. The summed E-state index contributed by atoms with van der Waals surface area (Å²) >= 11 is 0. The summed E-state index contributed by atoms with van der Waals surface area (Å²) in [7, 11) is 0. The van der Waals surface area contributed by atoms with Crippen LogP contribution in [-0.4, -0.2) is 66.6 Å². The molecule has 0 radical (unpaired) electrons. The van der Waals surface area contributed by atoms with Crippen LogP contribution in [0.25, 0.3) is 17.0 Å². The minimum atomic E-state index is -0.798. The van der Waals surface area contributed by atoms with E-state index in [4.69, 9.17) is 4.74 Å². The van der Waals surface area contributed by atoms with E-state index in [-0.39, 0.29) is 34.6 Å². The van der Waals surface area contributed by atoms with E-state index in [9.17, 15) is 14.0 Å². The van der Waals surface area contributed by atoms with Crippen molar-refractivity contribution < 1.29 is 13.5 Å². The Morgan fingerprint density at radius 3 is 2.46 bits per heavy atom. The second kappa shape index (κ2) is 9.84. The van der Waals surface area contributed by atoms with E-state index in [0.717, 1.165) is 64.1 Å². The number of fused-ring (bicyclic) bond motifs is 1. The predicted molar refractivity (Wildman–Crippen MR) is 130 cm³/mol. The van der Waals surface area contributed by atoms with E-state index in [1.165, 1.54) is 16.8 Å². The van der Waals surface area contributed by atoms with Crippen molar-refractivity contribution in [1.29, 1.82) is 5.26 Å². The van der Waals surface area contributed by atoms with Gasteiger partial charge >= 0.3 is 0 Å². The third kappa shape index (κ3) is 4.52. The molecule has 0 saturated carbocycles. The summed E-state index contributed by atoms with van der Waals surface area (Å²) < 4.78 is 37.8. The zero-order valence-corrected chi connectivity index (χ0v) is 20.0. The highest BCUT2D eigenvalue weighted by molar-refractivity contribution is 5.66. The Kier molecular flexibility index (Phi) is 6.23. The Bertz CT molecular complexity index is 1440. The second-order valence-electron chi connectivity index (χ2n) is 9.32. The molecule has 0 spiro atoms. The number of nitrogens with zero attached hydrogens (tertiary/aromatic N) is 8. The van der Waals surface area contributed by atoms with Gasteiger partial charge in [0.2, 0.25) is 5.95 Å². The Morgan fingerprint density at radius 2 is 1.73 bits per heavy atom. The summed E-state index contributed by atoms with van der Waals surface area (Å²) in [6.45, 7) is 3.72. The highest BCUT2D eigenvalue weighted by atomic mass is 19.1. The number of piperidine rings is 1. The fraction of sp³-hybridized carbons (Fsp3) is 0.400. The maximum absolute atomic E-state index is 14.5. The molecular weight excluding hydrogens is 480 g/mol. The van der Waals surface area contributed by atoms with Crippen LogP contribution in [0, 0.1) is 23.0 Å². The first-order chi connectivity index (χ1) is 18.1. The van der Waals surface area contributed by atoms with Gasteiger partial charge in [0.15, 0.2) is 11.5 Å². The number of ether oxygens (including phenoxy) is 1. The van der Waals surface area contributed by atoms with E-state index < -0.39 is 11.6 Å². The molecule has 12 heteroatoms. The van der Waals surface area contributed by atoms with Crippen molar-refractivity contribution in [2.45, 2.75) is 37.8 Å². The Labute approximate surface area is 211 Å². The van der Waals surface area contributed by atoms with E-state index in [1.54, 1.807) is 6.20 Å². The van der Waals surface area contributed by atoms with Gasteiger partial charge in [-0.3, -0.25) is 4.68 Å². The predicted octanol–water partition coefficient (Wildman–Crippen LogP) is 3.70. The monoisotopic (exact) mass is 505 g/mol. The van der Waals surface area contributed by atoms with Gasteiger partial charge in [-0.2, -0.15) is 25.0 Å². The third-order valence-corrected chi connectivity index (χ3v) is 7.11. The molecule has 0 amide bonds. The Hall–Kier alpha value is -3.95. The first-order valence-electron chi connectivity index (χ1n) is 12.3. The first-order valence-corrected chi connectivity index (χ1v) is 12.3. The molecule has 5 heterocycles. The summed E-state index contributed by atoms with van der Waals surface area (Å²) in [5.41, 5.74) is 0.576. The van der Waals surface area contributed by atoms with Crippen molar-refractivity contribution in [3.63, 3.8) is 0 Å². The summed E-state index contributed by atoms with van der Waals surface area (Å²) in [4.78, 5) is 11.2. The number of benzene rings is 1. The number of rotatable bonds is 5. The van der Waals surface area contributed by atoms with Gasteiger partial charge in [-0.15, -0.1) is 0 Å². The van der Waals surface area contributed by atoms with Crippen LogP contribution in [0.4, 0.5) is 20.4 Å². The van der Waals surface area contributed by atoms with Gasteiger partial charge in [-0.1, -0.05) is 6.07 Å². The lowest BCUT2D eigenvalue weighted by Crippen LogP contribution is -2.44. The van der Waals surface area contributed by atoms with Crippen LogP contribution < -0.4 is 5.32 Å². The number of aromatic nitrogens is 6. The molecule has 10 nitrogen and oxygen atoms in total. The topological polar surface area (TPSA) is 109 Å². The lowest BCUT2D eigenvalue weighted by atomic mass is 10.00. The quantitative estimate of drug-likeness (QED) is 0.437. The minimum Gasteiger partial charge on any atom is -0.381 e. The number of hydrogen-bond donors (Lipinski definition) is 1. The standard InChI is InChI=1S/C25H25F2N9O/c26-20-2-1-3-21(27)22(20)23-32-24-16(12-28)13-30-36(24)25(33-23)31-17-14-29-35(15-17)19-4-8-34(9-5-19)18-6-10-37-11-7-18/h1-3,13-15,18-19H,4-11H2,(H,31,32,33). The molecule has 3 aromatic heterocycles. The summed E-state index contributed by atoms with van der Waals surface area (Å²) in [5, 5.41) is 21.4. The lowest BCUT2D eigenvalue weighted by molar-refractivity contribution is 0.0212. The van der Waals surface area contributed by atoms with Gasteiger partial charge in [0, 0.05) is 38.5 Å². The molecule has 2 aliphatic heterocycles. The molecule has 6 rings (SSSR count). The van der Waals surface area contributed by atoms with Gasteiger partial charge in [0.25, 0.3) is 0 Å². The number of anilines is 2. The molecule has 0 atom stereocenters. The molecule has 0 aliphatic carbocycles. The molecular formula is C25H25F2N9O. The molecule has 4 aromatic rings. The highest BCUT2D eigenvalue weighted by Crippen LogP contribution is 2.29. The lowest BCUT2D eigenvalue weighted by Gasteiger charge is -2.39. The first kappa shape index (κ1) is 23.4. The van der Waals surface area contributed by atoms with E-state index in [2.05, 4.69) is 30.4 Å². The fourth-order valence-corrected chi connectivity index (χ4v) is 5.16. The number of nitrogens with one attached hydrogen (secondary N) is 1. The fourth-order valence-electron chi connectivity index (χ4n) is 5.16. The van der Waals surface area contributed by atoms with Crippen molar-refractivity contribution in [2.75, 3.05) is 31.6 Å². The van der Waals surface area contributed by atoms with Crippen molar-refractivity contribution >= 4 is 17.3 Å². The normalized spacial score (nSPS) is 17.8. The number of nitriles is 1. The number of halogens is 2. The molecule has 2 fully saturated rings.